The van der Waals surface area contributed by atoms with Crippen LogP contribution in [0.1, 0.15) is 62.9 Å². The van der Waals surface area contributed by atoms with Gasteiger partial charge >= 0.3 is 0 Å². The number of aliphatic hydroxyl groups excluding tert-OH is 1. The van der Waals surface area contributed by atoms with E-state index in [9.17, 15) is 14.7 Å². The Kier molecular flexibility index (Phi) is 8.69. The van der Waals surface area contributed by atoms with Crippen molar-refractivity contribution in [2.24, 2.45) is 0 Å². The number of nitrogens with zero attached hydrogens (tertiary/aromatic N) is 2. The predicted molar refractivity (Wildman–Crippen MR) is 146 cm³/mol. The summed E-state index contributed by atoms with van der Waals surface area (Å²) in [4.78, 5) is 30.6. The van der Waals surface area contributed by atoms with Crippen LogP contribution in [-0.2, 0) is 15.0 Å². The molecule has 1 aliphatic heterocycles. The maximum Gasteiger partial charge on any atom is 0.295 e. The molecule has 2 aromatic carbocycles. The number of ether oxygens (including phenoxy) is 2. The Morgan fingerprint density at radius 1 is 1.00 bits per heavy atom. The van der Waals surface area contributed by atoms with Crippen molar-refractivity contribution in [2.75, 3.05) is 40.4 Å². The van der Waals surface area contributed by atoms with Gasteiger partial charge in [0.05, 0.1) is 25.8 Å². The van der Waals surface area contributed by atoms with Crippen LogP contribution >= 0.6 is 0 Å². The standard InChI is InChI=1S/C30H40N2O5/c1-9-31(10-2)15-16-32-26(20-12-14-23(36-7)24(17-20)37-8)25(28(34)29(32)35)27(33)22-18-21(30(4,5)6)13-11-19(22)3/h11-14,17-18,26,33H,9-10,15-16H2,1-8H3/b27-25+. The molecule has 200 valence electrons. The van der Waals surface area contributed by atoms with Gasteiger partial charge in [0, 0.05) is 18.7 Å². The molecule has 1 fully saturated rings. The molecule has 37 heavy (non-hydrogen) atoms. The first-order valence-electron chi connectivity index (χ1n) is 12.8. The number of carbonyl (C=O) groups is 2. The van der Waals surface area contributed by atoms with Crippen LogP contribution in [0, 0.1) is 6.92 Å². The van der Waals surface area contributed by atoms with E-state index in [4.69, 9.17) is 9.47 Å². The highest BCUT2D eigenvalue weighted by Gasteiger charge is 2.46. The molecule has 1 saturated heterocycles. The van der Waals surface area contributed by atoms with Crippen molar-refractivity contribution in [1.82, 2.24) is 9.80 Å². The van der Waals surface area contributed by atoms with Gasteiger partial charge < -0.3 is 24.4 Å². The third-order valence-corrected chi connectivity index (χ3v) is 7.17. The summed E-state index contributed by atoms with van der Waals surface area (Å²) in [7, 11) is 3.10. The summed E-state index contributed by atoms with van der Waals surface area (Å²) in [5.74, 6) is -0.428. The molecular formula is C30H40N2O5. The number of rotatable bonds is 9. The van der Waals surface area contributed by atoms with Crippen LogP contribution in [0.2, 0.25) is 0 Å². The fourth-order valence-electron chi connectivity index (χ4n) is 4.76. The van der Waals surface area contributed by atoms with Crippen molar-refractivity contribution in [1.29, 1.82) is 0 Å². The number of aryl methyl sites for hydroxylation is 1. The molecule has 2 aromatic rings. The lowest BCUT2D eigenvalue weighted by Gasteiger charge is -2.28. The summed E-state index contributed by atoms with van der Waals surface area (Å²) in [6, 6.07) is 10.5. The van der Waals surface area contributed by atoms with Gasteiger partial charge in [-0.2, -0.15) is 0 Å². The minimum absolute atomic E-state index is 0.0888. The first kappa shape index (κ1) is 28.3. The second-order valence-corrected chi connectivity index (χ2v) is 10.4. The van der Waals surface area contributed by atoms with Crippen LogP contribution in [0.4, 0.5) is 0 Å². The van der Waals surface area contributed by atoms with Gasteiger partial charge in [-0.15, -0.1) is 0 Å². The summed E-state index contributed by atoms with van der Waals surface area (Å²) in [5, 5.41) is 11.6. The zero-order chi connectivity index (χ0) is 27.5. The van der Waals surface area contributed by atoms with Gasteiger partial charge in [0.25, 0.3) is 11.7 Å². The average molecular weight is 509 g/mol. The summed E-state index contributed by atoms with van der Waals surface area (Å²) < 4.78 is 10.9. The van der Waals surface area contributed by atoms with E-state index >= 15 is 0 Å². The number of carbonyl (C=O) groups excluding carboxylic acids is 2. The van der Waals surface area contributed by atoms with E-state index in [0.29, 0.717) is 35.7 Å². The Hall–Kier alpha value is -3.32. The zero-order valence-electron chi connectivity index (χ0n) is 23.3. The Morgan fingerprint density at radius 2 is 1.65 bits per heavy atom. The van der Waals surface area contributed by atoms with Gasteiger partial charge in [0.2, 0.25) is 0 Å². The van der Waals surface area contributed by atoms with Crippen LogP contribution in [0.25, 0.3) is 5.76 Å². The fourth-order valence-corrected chi connectivity index (χ4v) is 4.76. The van der Waals surface area contributed by atoms with Gasteiger partial charge in [0.1, 0.15) is 5.76 Å². The monoisotopic (exact) mass is 508 g/mol. The highest BCUT2D eigenvalue weighted by molar-refractivity contribution is 6.46. The van der Waals surface area contributed by atoms with E-state index in [-0.39, 0.29) is 16.7 Å². The number of hydrogen-bond acceptors (Lipinski definition) is 6. The number of amides is 1. The molecular weight excluding hydrogens is 468 g/mol. The number of likely N-dealkylation sites (N-methyl/N-ethyl adjacent to an activating group) is 1. The van der Waals surface area contributed by atoms with Crippen molar-refractivity contribution in [3.8, 4) is 11.5 Å². The number of likely N-dealkylation sites (tertiary alicyclic amines) is 1. The molecule has 0 aliphatic carbocycles. The molecule has 3 rings (SSSR count). The minimum atomic E-state index is -0.756. The van der Waals surface area contributed by atoms with E-state index in [1.165, 1.54) is 0 Å². The summed E-state index contributed by atoms with van der Waals surface area (Å²) in [6.07, 6.45) is 0. The van der Waals surface area contributed by atoms with Gasteiger partial charge in [0.15, 0.2) is 11.5 Å². The van der Waals surface area contributed by atoms with Crippen molar-refractivity contribution >= 4 is 17.4 Å². The summed E-state index contributed by atoms with van der Waals surface area (Å²) >= 11 is 0. The third kappa shape index (κ3) is 5.67. The van der Waals surface area contributed by atoms with Crippen molar-refractivity contribution in [2.45, 2.75) is 53.0 Å². The Morgan fingerprint density at radius 3 is 2.22 bits per heavy atom. The maximum atomic E-state index is 13.5. The van der Waals surface area contributed by atoms with Crippen molar-refractivity contribution in [3.05, 3.63) is 64.2 Å². The lowest BCUT2D eigenvalue weighted by Crippen LogP contribution is -2.38. The highest BCUT2D eigenvalue weighted by atomic mass is 16.5. The van der Waals surface area contributed by atoms with E-state index in [1.54, 1.807) is 31.3 Å². The normalized spacial score (nSPS) is 17.5. The van der Waals surface area contributed by atoms with Crippen LogP contribution < -0.4 is 9.47 Å². The molecule has 1 unspecified atom stereocenters. The zero-order valence-corrected chi connectivity index (χ0v) is 23.3. The van der Waals surface area contributed by atoms with Gasteiger partial charge in [-0.1, -0.05) is 52.8 Å². The molecule has 0 spiro atoms. The van der Waals surface area contributed by atoms with Crippen LogP contribution in [0.15, 0.2) is 42.0 Å². The molecule has 1 heterocycles. The number of Topliss-reactive ketones (excluding diaryl/α,β-unsaturated/α-hetero) is 1. The van der Waals surface area contributed by atoms with Crippen molar-refractivity contribution < 1.29 is 24.2 Å². The molecule has 0 saturated carbocycles. The Balaban J connectivity index is 2.23. The third-order valence-electron chi connectivity index (χ3n) is 7.17. The van der Waals surface area contributed by atoms with E-state index in [0.717, 1.165) is 24.2 Å². The Bertz CT molecular complexity index is 1190. The second-order valence-electron chi connectivity index (χ2n) is 10.4. The van der Waals surface area contributed by atoms with E-state index in [1.807, 2.05) is 31.2 Å². The highest BCUT2D eigenvalue weighted by Crippen LogP contribution is 2.42. The first-order chi connectivity index (χ1) is 17.5. The molecule has 1 aliphatic rings. The molecule has 7 heteroatoms. The van der Waals surface area contributed by atoms with Crippen molar-refractivity contribution in [3.63, 3.8) is 0 Å². The van der Waals surface area contributed by atoms with Crippen LogP contribution in [0.3, 0.4) is 0 Å². The number of aliphatic hydroxyl groups is 1. The molecule has 7 nitrogen and oxygen atoms in total. The second kappa shape index (κ2) is 11.4. The van der Waals surface area contributed by atoms with Crippen LogP contribution in [-0.4, -0.2) is 67.0 Å². The molecule has 0 bridgehead atoms. The van der Waals surface area contributed by atoms with E-state index < -0.39 is 17.7 Å². The Labute approximate surface area is 220 Å². The van der Waals surface area contributed by atoms with E-state index in [2.05, 4.69) is 39.5 Å². The summed E-state index contributed by atoms with van der Waals surface area (Å²) in [5.41, 5.74) is 3.01. The molecule has 1 atom stereocenters. The van der Waals surface area contributed by atoms with Gasteiger partial charge in [-0.25, -0.2) is 0 Å². The molecule has 0 aromatic heterocycles. The number of benzene rings is 2. The van der Waals surface area contributed by atoms with Gasteiger partial charge in [-0.3, -0.25) is 9.59 Å². The minimum Gasteiger partial charge on any atom is -0.507 e. The average Bonchev–Trinajstić information content (AvgIpc) is 3.13. The first-order valence-corrected chi connectivity index (χ1v) is 12.8. The predicted octanol–water partition coefficient (Wildman–Crippen LogP) is 5.07. The smallest absolute Gasteiger partial charge is 0.295 e. The number of hydrogen-bond donors (Lipinski definition) is 1. The lowest BCUT2D eigenvalue weighted by atomic mass is 9.84. The SMILES string of the molecule is CCN(CC)CCN1C(=O)C(=O)/C(=C(/O)c2cc(C(C)(C)C)ccc2C)C1c1ccc(OC)c(OC)c1. The molecule has 1 amide bonds. The topological polar surface area (TPSA) is 79.3 Å². The maximum absolute atomic E-state index is 13.5. The molecule has 1 N–H and O–H groups in total. The fraction of sp³-hybridized carbons (Fsp3) is 0.467. The lowest BCUT2D eigenvalue weighted by molar-refractivity contribution is -0.140. The molecule has 0 radical (unpaired) electrons. The number of methoxy groups -OCH3 is 2. The quantitative estimate of drug-likeness (QED) is 0.289. The van der Waals surface area contributed by atoms with Gasteiger partial charge in [-0.05, 0) is 60.3 Å². The number of ketones is 1. The largest absolute Gasteiger partial charge is 0.507 e. The van der Waals surface area contributed by atoms with Crippen LogP contribution in [0.5, 0.6) is 11.5 Å². The summed E-state index contributed by atoms with van der Waals surface area (Å²) in [6.45, 7) is 14.9.